The maximum Gasteiger partial charge on any atom is 0.253 e. The third-order valence-corrected chi connectivity index (χ3v) is 6.98. The Kier molecular flexibility index (Phi) is 5.44. The molecule has 7 nitrogen and oxygen atoms in total. The van der Waals surface area contributed by atoms with Crippen LogP contribution in [0.1, 0.15) is 39.9 Å². The van der Waals surface area contributed by atoms with Crippen molar-refractivity contribution in [2.24, 2.45) is 4.99 Å². The Balaban J connectivity index is 1.18. The highest BCUT2D eigenvalue weighted by Gasteiger charge is 2.32. The van der Waals surface area contributed by atoms with Crippen LogP contribution in [-0.4, -0.2) is 59.0 Å². The molecular formula is C28H26N6O. The predicted molar refractivity (Wildman–Crippen MR) is 136 cm³/mol. The fourth-order valence-corrected chi connectivity index (χ4v) is 4.80. The Labute approximate surface area is 205 Å². The number of aliphatic imine (C=N–C) groups is 1. The molecule has 2 fully saturated rings. The van der Waals surface area contributed by atoms with Crippen LogP contribution in [0, 0.1) is 11.3 Å². The van der Waals surface area contributed by atoms with Crippen molar-refractivity contribution < 1.29 is 4.79 Å². The Hall–Kier alpha value is -4.15. The molecule has 0 bridgehead atoms. The Morgan fingerprint density at radius 1 is 0.943 bits per heavy atom. The lowest BCUT2D eigenvalue weighted by atomic mass is 10.1. The van der Waals surface area contributed by atoms with Crippen molar-refractivity contribution in [3.8, 4) is 6.07 Å². The van der Waals surface area contributed by atoms with E-state index in [2.05, 4.69) is 26.2 Å². The molecule has 3 heterocycles. The maximum absolute atomic E-state index is 13.0. The maximum atomic E-state index is 13.0. The summed E-state index contributed by atoms with van der Waals surface area (Å²) in [6.07, 6.45) is 10.3. The lowest BCUT2D eigenvalue weighted by Crippen LogP contribution is -2.49. The highest BCUT2D eigenvalue weighted by molar-refractivity contribution is 5.95. The number of nitrogens with one attached hydrogen (secondary N) is 1. The van der Waals surface area contributed by atoms with Gasteiger partial charge in [-0.05, 0) is 37.1 Å². The average molecular weight is 463 g/mol. The van der Waals surface area contributed by atoms with Gasteiger partial charge in [-0.2, -0.15) is 5.26 Å². The Morgan fingerprint density at radius 3 is 2.34 bits per heavy atom. The predicted octanol–water partition coefficient (Wildman–Crippen LogP) is 3.61. The van der Waals surface area contributed by atoms with Gasteiger partial charge in [0.1, 0.15) is 0 Å². The van der Waals surface area contributed by atoms with E-state index in [9.17, 15) is 4.79 Å². The molecule has 0 aromatic heterocycles. The van der Waals surface area contributed by atoms with E-state index in [-0.39, 0.29) is 5.91 Å². The molecule has 2 aromatic carbocycles. The van der Waals surface area contributed by atoms with Gasteiger partial charge in [0.25, 0.3) is 5.91 Å². The summed E-state index contributed by atoms with van der Waals surface area (Å²) in [5.74, 6) is 0.103. The highest BCUT2D eigenvalue weighted by Crippen LogP contribution is 2.32. The van der Waals surface area contributed by atoms with Gasteiger partial charge in [-0.25, -0.2) is 0 Å². The zero-order valence-corrected chi connectivity index (χ0v) is 19.4. The number of rotatable bonds is 4. The number of hydrogen-bond donors (Lipinski definition) is 1. The fourth-order valence-electron chi connectivity index (χ4n) is 4.80. The van der Waals surface area contributed by atoms with Crippen molar-refractivity contribution in [3.05, 3.63) is 95.1 Å². The number of nitrogens with zero attached hydrogens (tertiary/aromatic N) is 5. The summed E-state index contributed by atoms with van der Waals surface area (Å²) in [6.45, 7) is 3.56. The molecule has 2 aromatic rings. The van der Waals surface area contributed by atoms with E-state index in [1.807, 2.05) is 78.2 Å². The molecule has 7 heteroatoms. The van der Waals surface area contributed by atoms with E-state index < -0.39 is 0 Å². The Morgan fingerprint density at radius 2 is 1.66 bits per heavy atom. The molecule has 4 aliphatic rings. The van der Waals surface area contributed by atoms with Crippen LogP contribution in [0.15, 0.2) is 77.8 Å². The van der Waals surface area contributed by atoms with Crippen molar-refractivity contribution in [2.75, 3.05) is 26.2 Å². The number of benzene rings is 2. The second-order valence-corrected chi connectivity index (χ2v) is 9.23. The van der Waals surface area contributed by atoms with Gasteiger partial charge >= 0.3 is 0 Å². The first-order chi connectivity index (χ1) is 17.2. The van der Waals surface area contributed by atoms with Crippen molar-refractivity contribution in [3.63, 3.8) is 0 Å². The van der Waals surface area contributed by atoms with Crippen LogP contribution in [0.25, 0.3) is 11.4 Å². The highest BCUT2D eigenvalue weighted by atomic mass is 16.2. The zero-order chi connectivity index (χ0) is 23.8. The second kappa shape index (κ2) is 8.90. The minimum atomic E-state index is 0.103. The van der Waals surface area contributed by atoms with Crippen LogP contribution in [-0.2, 0) is 0 Å². The van der Waals surface area contributed by atoms with Crippen molar-refractivity contribution >= 4 is 23.5 Å². The molecule has 0 radical (unpaired) electrons. The van der Waals surface area contributed by atoms with Crippen LogP contribution in [0.4, 0.5) is 0 Å². The normalized spacial score (nSPS) is 19.7. The standard InChI is InChI=1S/C28H26N6O/c29-15-20-1-3-22(4-2-20)27-18-30-16-25-17-31-26(19-34(25)27)21-5-7-23(8-6-21)28(35)33-13-11-32(12-14-33)24-9-10-24/h1-8,16-19,24,30H,9-14H2. The van der Waals surface area contributed by atoms with Crippen LogP contribution in [0.3, 0.4) is 0 Å². The molecule has 174 valence electrons. The molecule has 0 unspecified atom stereocenters. The molecular weight excluding hydrogens is 436 g/mol. The molecule has 0 spiro atoms. The summed E-state index contributed by atoms with van der Waals surface area (Å²) in [5.41, 5.74) is 6.00. The molecule has 6 rings (SSSR count). The first-order valence-electron chi connectivity index (χ1n) is 12.1. The van der Waals surface area contributed by atoms with Gasteiger partial charge in [-0.1, -0.05) is 24.3 Å². The molecule has 1 saturated carbocycles. The van der Waals surface area contributed by atoms with Crippen LogP contribution >= 0.6 is 0 Å². The molecule has 0 atom stereocenters. The van der Waals surface area contributed by atoms with Crippen molar-refractivity contribution in [1.29, 1.82) is 5.26 Å². The van der Waals surface area contributed by atoms with E-state index in [4.69, 9.17) is 5.26 Å². The monoisotopic (exact) mass is 462 g/mol. The van der Waals surface area contributed by atoms with Gasteiger partial charge in [0.2, 0.25) is 0 Å². The van der Waals surface area contributed by atoms with Gasteiger partial charge in [0.15, 0.2) is 0 Å². The quantitative estimate of drug-likeness (QED) is 0.752. The minimum absolute atomic E-state index is 0.103. The number of carbonyl (C=O) groups excluding carboxylic acids is 1. The lowest BCUT2D eigenvalue weighted by Gasteiger charge is -2.34. The summed E-state index contributed by atoms with van der Waals surface area (Å²) >= 11 is 0. The van der Waals surface area contributed by atoms with Crippen molar-refractivity contribution in [1.82, 2.24) is 20.0 Å². The fraction of sp³-hybridized carbons (Fsp3) is 0.250. The number of allylic oxidation sites excluding steroid dienone is 1. The Bertz CT molecular complexity index is 1300. The molecule has 3 aliphatic heterocycles. The second-order valence-electron chi connectivity index (χ2n) is 9.23. The molecule has 1 aliphatic carbocycles. The van der Waals surface area contributed by atoms with Gasteiger partial charge in [-0.15, -0.1) is 0 Å². The smallest absolute Gasteiger partial charge is 0.253 e. The third-order valence-electron chi connectivity index (χ3n) is 6.98. The largest absolute Gasteiger partial charge is 0.364 e. The third kappa shape index (κ3) is 4.25. The minimum Gasteiger partial charge on any atom is -0.364 e. The van der Waals surface area contributed by atoms with Crippen LogP contribution in [0.5, 0.6) is 0 Å². The topological polar surface area (TPSA) is 75.0 Å². The van der Waals surface area contributed by atoms with E-state index in [1.165, 1.54) is 12.8 Å². The summed E-state index contributed by atoms with van der Waals surface area (Å²) in [5, 5.41) is 12.3. The van der Waals surface area contributed by atoms with E-state index in [0.29, 0.717) is 5.56 Å². The SMILES string of the molecule is N#Cc1ccc(C2=CNC=C3C=NC(c4ccc(C(=O)N5CCN(C6CC6)CC5)cc4)=CN32)cc1. The molecule has 1 saturated heterocycles. The number of carbonyl (C=O) groups is 1. The number of nitriles is 1. The van der Waals surface area contributed by atoms with Gasteiger partial charge < -0.3 is 15.1 Å². The average Bonchev–Trinajstić information content (AvgIpc) is 3.78. The number of fused-ring (bicyclic) bond motifs is 1. The number of amides is 1. The van der Waals surface area contributed by atoms with Gasteiger partial charge in [-0.3, -0.25) is 14.7 Å². The van der Waals surface area contributed by atoms with Gasteiger partial charge in [0, 0.05) is 67.5 Å². The number of hydrogen-bond acceptors (Lipinski definition) is 6. The molecule has 1 amide bonds. The summed E-state index contributed by atoms with van der Waals surface area (Å²) in [6, 6.07) is 18.2. The van der Waals surface area contributed by atoms with Crippen molar-refractivity contribution in [2.45, 2.75) is 18.9 Å². The van der Waals surface area contributed by atoms with E-state index >= 15 is 0 Å². The summed E-state index contributed by atoms with van der Waals surface area (Å²) < 4.78 is 0. The first kappa shape index (κ1) is 21.4. The molecule has 35 heavy (non-hydrogen) atoms. The molecule has 1 N–H and O–H groups in total. The van der Waals surface area contributed by atoms with Crippen LogP contribution in [0.2, 0.25) is 0 Å². The van der Waals surface area contributed by atoms with Crippen LogP contribution < -0.4 is 5.32 Å². The lowest BCUT2D eigenvalue weighted by molar-refractivity contribution is 0.0627. The van der Waals surface area contributed by atoms with E-state index in [1.54, 1.807) is 0 Å². The first-order valence-corrected chi connectivity index (χ1v) is 12.1. The summed E-state index contributed by atoms with van der Waals surface area (Å²) in [7, 11) is 0. The summed E-state index contributed by atoms with van der Waals surface area (Å²) in [4.78, 5) is 24.2. The van der Waals surface area contributed by atoms with E-state index in [0.717, 1.165) is 66.0 Å². The zero-order valence-electron chi connectivity index (χ0n) is 19.4. The number of piperazine rings is 1. The van der Waals surface area contributed by atoms with Gasteiger partial charge in [0.05, 0.1) is 34.9 Å².